The highest BCUT2D eigenvalue weighted by Gasteiger charge is 2.14. The Morgan fingerprint density at radius 2 is 1.67 bits per heavy atom. The maximum Gasteiger partial charge on any atom is 0.133 e. The molecule has 5 nitrogen and oxygen atoms in total. The Hall–Kier alpha value is -5.42. The van der Waals surface area contributed by atoms with Crippen LogP contribution >= 0.6 is 0 Å². The minimum Gasteiger partial charge on any atom is -0.388 e. The van der Waals surface area contributed by atoms with E-state index in [1.165, 1.54) is 5.56 Å². The lowest BCUT2D eigenvalue weighted by molar-refractivity contribution is 0.942. The van der Waals surface area contributed by atoms with E-state index in [0.717, 1.165) is 62.6 Å². The average molecular weight is 566 g/mol. The summed E-state index contributed by atoms with van der Waals surface area (Å²) >= 11 is 0. The number of allylic oxidation sites excluding steroid dienone is 6. The molecule has 2 heterocycles. The zero-order valence-corrected chi connectivity index (χ0v) is 25.2. The average Bonchev–Trinajstić information content (AvgIpc) is 3.04. The maximum atomic E-state index is 4.58. The molecule has 0 spiro atoms. The van der Waals surface area contributed by atoms with E-state index < -0.39 is 0 Å². The molecule has 2 aromatic heterocycles. The highest BCUT2D eigenvalue weighted by molar-refractivity contribution is 5.89. The maximum absolute atomic E-state index is 4.58. The number of anilines is 2. The van der Waals surface area contributed by atoms with Gasteiger partial charge in [0.25, 0.3) is 0 Å². The first-order valence-corrected chi connectivity index (χ1v) is 14.2. The molecular formula is C38H39N5. The van der Waals surface area contributed by atoms with Crippen LogP contribution in [0.4, 0.5) is 11.5 Å². The van der Waals surface area contributed by atoms with E-state index >= 15 is 0 Å². The quantitative estimate of drug-likeness (QED) is 0.141. The molecule has 5 heteroatoms. The van der Waals surface area contributed by atoms with Crippen molar-refractivity contribution in [2.45, 2.75) is 20.3 Å². The van der Waals surface area contributed by atoms with Crippen molar-refractivity contribution < 1.29 is 0 Å². The van der Waals surface area contributed by atoms with Crippen LogP contribution in [-0.2, 0) is 6.42 Å². The number of nitrogens with zero attached hydrogens (tertiary/aromatic N) is 2. The topological polar surface area (TPSA) is 61.9 Å². The molecule has 2 aromatic carbocycles. The zero-order chi connectivity index (χ0) is 30.8. The predicted molar refractivity (Wildman–Crippen MR) is 184 cm³/mol. The third-order valence-corrected chi connectivity index (χ3v) is 7.15. The lowest BCUT2D eigenvalue weighted by Crippen LogP contribution is -2.12. The van der Waals surface area contributed by atoms with Crippen molar-refractivity contribution in [3.63, 3.8) is 0 Å². The minimum atomic E-state index is 0.658. The first kappa shape index (κ1) is 30.5. The molecule has 0 amide bonds. The molecule has 0 unspecified atom stereocenters. The normalized spacial score (nSPS) is 11.4. The molecule has 43 heavy (non-hydrogen) atoms. The van der Waals surface area contributed by atoms with Crippen molar-refractivity contribution in [1.29, 1.82) is 0 Å². The Morgan fingerprint density at radius 1 is 0.907 bits per heavy atom. The van der Waals surface area contributed by atoms with Crippen molar-refractivity contribution in [3.05, 3.63) is 169 Å². The predicted octanol–water partition coefficient (Wildman–Crippen LogP) is 8.95. The van der Waals surface area contributed by atoms with Gasteiger partial charge in [0.1, 0.15) is 5.82 Å². The molecule has 0 bridgehead atoms. The summed E-state index contributed by atoms with van der Waals surface area (Å²) in [5, 5.41) is 10.1. The monoisotopic (exact) mass is 565 g/mol. The molecule has 0 aliphatic heterocycles. The van der Waals surface area contributed by atoms with Crippen LogP contribution in [-0.4, -0.2) is 17.0 Å². The van der Waals surface area contributed by atoms with Crippen LogP contribution in [0.5, 0.6) is 0 Å². The van der Waals surface area contributed by atoms with Gasteiger partial charge < -0.3 is 16.0 Å². The Morgan fingerprint density at radius 3 is 2.35 bits per heavy atom. The van der Waals surface area contributed by atoms with Crippen LogP contribution in [0.3, 0.4) is 0 Å². The van der Waals surface area contributed by atoms with Gasteiger partial charge in [-0.2, -0.15) is 0 Å². The fourth-order valence-corrected chi connectivity index (χ4v) is 4.77. The number of hydrogen-bond acceptors (Lipinski definition) is 5. The molecule has 0 saturated heterocycles. The molecule has 0 aliphatic rings. The molecule has 0 fully saturated rings. The molecule has 0 radical (unpaired) electrons. The van der Waals surface area contributed by atoms with Gasteiger partial charge in [0, 0.05) is 65.3 Å². The van der Waals surface area contributed by atoms with E-state index in [1.807, 2.05) is 69.4 Å². The smallest absolute Gasteiger partial charge is 0.133 e. The van der Waals surface area contributed by atoms with Gasteiger partial charge in [0.15, 0.2) is 0 Å². The summed E-state index contributed by atoms with van der Waals surface area (Å²) in [5.41, 5.74) is 11.2. The van der Waals surface area contributed by atoms with E-state index in [4.69, 9.17) is 0 Å². The van der Waals surface area contributed by atoms with E-state index in [9.17, 15) is 0 Å². The van der Waals surface area contributed by atoms with Crippen molar-refractivity contribution in [2.24, 2.45) is 0 Å². The fourth-order valence-electron chi connectivity index (χ4n) is 4.77. The summed E-state index contributed by atoms with van der Waals surface area (Å²) in [4.78, 5) is 9.08. The fraction of sp³-hybridized carbons (Fsp3) is 0.105. The summed E-state index contributed by atoms with van der Waals surface area (Å²) < 4.78 is 0. The molecule has 3 N–H and O–H groups in total. The van der Waals surface area contributed by atoms with Crippen LogP contribution < -0.4 is 16.0 Å². The van der Waals surface area contributed by atoms with Crippen LogP contribution in [0.15, 0.2) is 147 Å². The van der Waals surface area contributed by atoms with Gasteiger partial charge in [-0.1, -0.05) is 74.9 Å². The van der Waals surface area contributed by atoms with Gasteiger partial charge in [-0.25, -0.2) is 4.98 Å². The standard InChI is InChI=1S/C38H39N5/c1-8-31(24-33(9-2)42-26(3)23-30-15-11-10-12-16-30)32-18-19-36(39-7)35(25-32)27(4)29(6)43-38-28(5)34(20-22-41-38)37-17-13-14-21-40-37/h8-22,24-25,39,42H,2-4,6,23H2,1,5,7H3,(H,41,43)/b31-8+,33-24+. The Labute approximate surface area is 255 Å². The highest BCUT2D eigenvalue weighted by atomic mass is 15.0. The molecule has 0 atom stereocenters. The van der Waals surface area contributed by atoms with E-state index in [0.29, 0.717) is 11.5 Å². The van der Waals surface area contributed by atoms with Crippen LogP contribution in [0, 0.1) is 6.92 Å². The number of hydrogen-bond donors (Lipinski definition) is 3. The molecule has 0 aliphatic carbocycles. The number of pyridine rings is 2. The van der Waals surface area contributed by atoms with Crippen molar-refractivity contribution in [2.75, 3.05) is 17.7 Å². The third-order valence-electron chi connectivity index (χ3n) is 7.15. The van der Waals surface area contributed by atoms with Crippen molar-refractivity contribution in [3.8, 4) is 11.3 Å². The van der Waals surface area contributed by atoms with Crippen molar-refractivity contribution >= 4 is 22.7 Å². The number of aromatic nitrogens is 2. The first-order chi connectivity index (χ1) is 20.8. The number of nitrogens with one attached hydrogen (secondary N) is 3. The van der Waals surface area contributed by atoms with Crippen LogP contribution in [0.25, 0.3) is 22.4 Å². The summed E-state index contributed by atoms with van der Waals surface area (Å²) in [6.07, 6.45) is 10.3. The molecule has 4 rings (SSSR count). The summed E-state index contributed by atoms with van der Waals surface area (Å²) in [6.45, 7) is 21.0. The second kappa shape index (κ2) is 14.5. The van der Waals surface area contributed by atoms with Crippen LogP contribution in [0.1, 0.15) is 29.2 Å². The summed E-state index contributed by atoms with van der Waals surface area (Å²) in [6, 6.07) is 24.4. The third kappa shape index (κ3) is 7.66. The van der Waals surface area contributed by atoms with Gasteiger partial charge in [-0.15, -0.1) is 0 Å². The number of rotatable bonds is 13. The van der Waals surface area contributed by atoms with E-state index in [-0.39, 0.29) is 0 Å². The second-order valence-electron chi connectivity index (χ2n) is 10.1. The molecular weight excluding hydrogens is 526 g/mol. The zero-order valence-electron chi connectivity index (χ0n) is 25.2. The van der Waals surface area contributed by atoms with Gasteiger partial charge in [-0.05, 0) is 78.6 Å². The molecule has 216 valence electrons. The summed E-state index contributed by atoms with van der Waals surface area (Å²) in [7, 11) is 1.90. The van der Waals surface area contributed by atoms with Gasteiger partial charge >= 0.3 is 0 Å². The number of benzene rings is 2. The molecule has 0 saturated carbocycles. The van der Waals surface area contributed by atoms with Gasteiger partial charge in [0.05, 0.1) is 5.69 Å². The second-order valence-corrected chi connectivity index (χ2v) is 10.1. The highest BCUT2D eigenvalue weighted by Crippen LogP contribution is 2.33. The lowest BCUT2D eigenvalue weighted by atomic mass is 9.95. The Kier molecular flexibility index (Phi) is 10.3. The van der Waals surface area contributed by atoms with Crippen LogP contribution in [0.2, 0.25) is 0 Å². The largest absolute Gasteiger partial charge is 0.388 e. The van der Waals surface area contributed by atoms with E-state index in [2.05, 4.69) is 94.7 Å². The summed E-state index contributed by atoms with van der Waals surface area (Å²) in [5.74, 6) is 0.714. The minimum absolute atomic E-state index is 0.658. The van der Waals surface area contributed by atoms with Gasteiger partial charge in [-0.3, -0.25) is 4.98 Å². The molecule has 4 aromatic rings. The van der Waals surface area contributed by atoms with Crippen molar-refractivity contribution in [1.82, 2.24) is 15.3 Å². The van der Waals surface area contributed by atoms with Gasteiger partial charge in [0.2, 0.25) is 0 Å². The first-order valence-electron chi connectivity index (χ1n) is 14.2. The lowest BCUT2D eigenvalue weighted by Gasteiger charge is -2.19. The SMILES string of the molecule is C=C/C(=C\C(=C/C)c1ccc(NC)c(C(=C)C(=C)Nc2nccc(-c3ccccn3)c2C)c1)NC(=C)Cc1ccccc1. The Balaban J connectivity index is 1.56. The van der Waals surface area contributed by atoms with E-state index in [1.54, 1.807) is 12.4 Å². The Bertz CT molecular complexity index is 1700.